The third kappa shape index (κ3) is 6.00. The summed E-state index contributed by atoms with van der Waals surface area (Å²) in [5, 5.41) is 7.76. The lowest BCUT2D eigenvalue weighted by atomic mass is 10.1. The largest absolute Gasteiger partial charge is 0.492 e. The lowest BCUT2D eigenvalue weighted by Gasteiger charge is -2.18. The Morgan fingerprint density at radius 2 is 1.81 bits per heavy atom. The number of primary amides is 1. The fourth-order valence-electron chi connectivity index (χ4n) is 3.62. The second-order valence-electron chi connectivity index (χ2n) is 8.07. The average molecular weight is 487 g/mol. The van der Waals surface area contributed by atoms with Gasteiger partial charge in [0.05, 0.1) is 0 Å². The number of anilines is 2. The van der Waals surface area contributed by atoms with E-state index in [9.17, 15) is 4.79 Å². The van der Waals surface area contributed by atoms with Crippen molar-refractivity contribution in [2.75, 3.05) is 31.6 Å². The van der Waals surface area contributed by atoms with Crippen LogP contribution in [0.4, 0.5) is 11.6 Å². The van der Waals surface area contributed by atoms with E-state index in [1.165, 1.54) is 0 Å². The van der Waals surface area contributed by atoms with Crippen LogP contribution in [-0.4, -0.2) is 51.6 Å². The van der Waals surface area contributed by atoms with E-state index < -0.39 is 5.91 Å². The van der Waals surface area contributed by atoms with Crippen molar-refractivity contribution < 1.29 is 14.3 Å². The number of likely N-dealkylation sites (N-methyl/N-ethyl adjacent to an activating group) is 1. The van der Waals surface area contributed by atoms with Crippen LogP contribution in [0.15, 0.2) is 73.3 Å². The molecule has 0 aliphatic rings. The molecule has 0 unspecified atom stereocenters. The van der Waals surface area contributed by atoms with Crippen molar-refractivity contribution in [2.45, 2.75) is 13.8 Å². The number of hydrogen-bond acceptors (Lipinski definition) is 7. The minimum absolute atomic E-state index is 0.214. The Morgan fingerprint density at radius 1 is 1.06 bits per heavy atom. The van der Waals surface area contributed by atoms with Crippen LogP contribution in [0.3, 0.4) is 0 Å². The topological polar surface area (TPSA) is 107 Å². The summed E-state index contributed by atoms with van der Waals surface area (Å²) >= 11 is 0. The Labute approximate surface area is 210 Å². The van der Waals surface area contributed by atoms with Gasteiger partial charge in [-0.1, -0.05) is 38.6 Å². The van der Waals surface area contributed by atoms with Gasteiger partial charge in [0.1, 0.15) is 18.1 Å². The molecular formula is C27H30N6O3. The molecule has 4 rings (SSSR count). The molecule has 186 valence electrons. The van der Waals surface area contributed by atoms with Gasteiger partial charge in [-0.05, 0) is 61.1 Å². The molecule has 3 N–H and O–H groups in total. The first kappa shape index (κ1) is 24.7. The molecule has 0 fully saturated rings. The number of nitrogens with two attached hydrogens (primary N) is 1. The number of rotatable bonds is 12. The van der Waals surface area contributed by atoms with Crippen LogP contribution >= 0.6 is 0 Å². The lowest BCUT2D eigenvalue weighted by Crippen LogP contribution is -2.27. The summed E-state index contributed by atoms with van der Waals surface area (Å²) in [7, 11) is 0. The molecule has 2 aromatic heterocycles. The number of pyridine rings is 1. The predicted molar refractivity (Wildman–Crippen MR) is 141 cm³/mol. The van der Waals surface area contributed by atoms with E-state index in [-0.39, 0.29) is 5.57 Å². The number of fused-ring (bicyclic) bond motifs is 1. The zero-order chi connectivity index (χ0) is 25.5. The Bertz CT molecular complexity index is 1350. The van der Waals surface area contributed by atoms with Crippen molar-refractivity contribution in [1.29, 1.82) is 0 Å². The van der Waals surface area contributed by atoms with Crippen LogP contribution in [0.5, 0.6) is 17.4 Å². The van der Waals surface area contributed by atoms with Crippen LogP contribution in [0.2, 0.25) is 0 Å². The van der Waals surface area contributed by atoms with Crippen molar-refractivity contribution in [3.05, 3.63) is 78.9 Å². The van der Waals surface area contributed by atoms with E-state index in [0.29, 0.717) is 35.4 Å². The van der Waals surface area contributed by atoms with Gasteiger partial charge < -0.3 is 25.4 Å². The highest BCUT2D eigenvalue weighted by atomic mass is 16.5. The Hall–Kier alpha value is -4.37. The Morgan fingerprint density at radius 3 is 2.53 bits per heavy atom. The van der Waals surface area contributed by atoms with Gasteiger partial charge in [0, 0.05) is 23.9 Å². The van der Waals surface area contributed by atoms with Crippen molar-refractivity contribution in [2.24, 2.45) is 5.73 Å². The van der Waals surface area contributed by atoms with Gasteiger partial charge in [0.2, 0.25) is 17.7 Å². The molecule has 0 saturated heterocycles. The smallest absolute Gasteiger partial charge is 0.248 e. The fraction of sp³-hybridized carbons (Fsp3) is 0.222. The highest BCUT2D eigenvalue weighted by Crippen LogP contribution is 2.26. The quantitative estimate of drug-likeness (QED) is 0.284. The normalized spacial score (nSPS) is 11.0. The number of amides is 1. The SMILES string of the molecule is C=C(C(N)=O)c1cccc(Oc2cccc3nc(Nc4ccc(OCCN(CC)CC)cc4)nn23)c1. The number of aromatic nitrogens is 3. The van der Waals surface area contributed by atoms with Crippen molar-refractivity contribution in [3.63, 3.8) is 0 Å². The Kier molecular flexibility index (Phi) is 7.82. The van der Waals surface area contributed by atoms with Gasteiger partial charge in [-0.3, -0.25) is 4.79 Å². The number of carbonyl (C=O) groups is 1. The summed E-state index contributed by atoms with van der Waals surface area (Å²) in [6.07, 6.45) is 0. The van der Waals surface area contributed by atoms with Crippen LogP contribution in [0, 0.1) is 0 Å². The summed E-state index contributed by atoms with van der Waals surface area (Å²) in [6, 6.07) is 20.1. The molecule has 4 aromatic rings. The van der Waals surface area contributed by atoms with E-state index in [2.05, 4.69) is 40.7 Å². The van der Waals surface area contributed by atoms with Crippen molar-refractivity contribution in [3.8, 4) is 17.4 Å². The third-order valence-electron chi connectivity index (χ3n) is 5.71. The number of benzene rings is 2. The van der Waals surface area contributed by atoms with Crippen molar-refractivity contribution in [1.82, 2.24) is 19.5 Å². The molecule has 0 saturated carbocycles. The monoisotopic (exact) mass is 486 g/mol. The molecule has 1 amide bonds. The van der Waals surface area contributed by atoms with Gasteiger partial charge in [0.15, 0.2) is 5.65 Å². The van der Waals surface area contributed by atoms with E-state index in [0.717, 1.165) is 31.1 Å². The standard InChI is InChI=1S/C27H30N6O3/c1-4-32(5-2)16-17-35-22-14-12-21(13-15-22)29-27-30-24-10-7-11-25(33(24)31-27)36-23-9-6-8-20(18-23)19(3)26(28)34/h6-15,18H,3-5,16-17H2,1-2H3,(H2,28,34)(H,29,31). The minimum Gasteiger partial charge on any atom is -0.492 e. The zero-order valence-electron chi connectivity index (χ0n) is 20.5. The first-order valence-corrected chi connectivity index (χ1v) is 11.8. The summed E-state index contributed by atoms with van der Waals surface area (Å²) in [5.74, 6) is 1.64. The predicted octanol–water partition coefficient (Wildman–Crippen LogP) is 4.48. The summed E-state index contributed by atoms with van der Waals surface area (Å²) in [5.41, 5.74) is 7.60. The first-order valence-electron chi connectivity index (χ1n) is 11.8. The van der Waals surface area contributed by atoms with Crippen LogP contribution in [-0.2, 0) is 4.79 Å². The number of carbonyl (C=O) groups excluding carboxylic acids is 1. The number of nitrogens with one attached hydrogen (secondary N) is 1. The maximum atomic E-state index is 11.5. The van der Waals surface area contributed by atoms with Gasteiger partial charge >= 0.3 is 0 Å². The van der Waals surface area contributed by atoms with E-state index in [4.69, 9.17) is 15.2 Å². The number of nitrogens with zero attached hydrogens (tertiary/aromatic N) is 4. The molecule has 0 aliphatic carbocycles. The van der Waals surface area contributed by atoms with Crippen LogP contribution in [0.1, 0.15) is 19.4 Å². The summed E-state index contributed by atoms with van der Waals surface area (Å²) in [6.45, 7) is 11.6. The maximum Gasteiger partial charge on any atom is 0.248 e. The number of hydrogen-bond donors (Lipinski definition) is 2. The molecule has 2 heterocycles. The zero-order valence-corrected chi connectivity index (χ0v) is 20.5. The molecular weight excluding hydrogens is 456 g/mol. The number of ether oxygens (including phenoxy) is 2. The molecule has 0 radical (unpaired) electrons. The van der Waals surface area contributed by atoms with Crippen LogP contribution in [0.25, 0.3) is 11.2 Å². The second-order valence-corrected chi connectivity index (χ2v) is 8.07. The molecule has 9 nitrogen and oxygen atoms in total. The van der Waals surface area contributed by atoms with Gasteiger partial charge in [-0.15, -0.1) is 5.10 Å². The Balaban J connectivity index is 1.44. The molecule has 9 heteroatoms. The van der Waals surface area contributed by atoms with Gasteiger partial charge in [0.25, 0.3) is 0 Å². The average Bonchev–Trinajstić information content (AvgIpc) is 3.31. The molecule has 0 aliphatic heterocycles. The summed E-state index contributed by atoms with van der Waals surface area (Å²) in [4.78, 5) is 18.3. The highest BCUT2D eigenvalue weighted by molar-refractivity contribution is 6.17. The maximum absolute atomic E-state index is 11.5. The van der Waals surface area contributed by atoms with E-state index in [1.54, 1.807) is 34.8 Å². The van der Waals surface area contributed by atoms with E-state index >= 15 is 0 Å². The van der Waals surface area contributed by atoms with E-state index in [1.807, 2.05) is 36.4 Å². The van der Waals surface area contributed by atoms with Crippen LogP contribution < -0.4 is 20.5 Å². The van der Waals surface area contributed by atoms with Crippen molar-refractivity contribution >= 4 is 28.8 Å². The third-order valence-corrected chi connectivity index (χ3v) is 5.71. The highest BCUT2D eigenvalue weighted by Gasteiger charge is 2.11. The lowest BCUT2D eigenvalue weighted by molar-refractivity contribution is -0.112. The molecule has 36 heavy (non-hydrogen) atoms. The minimum atomic E-state index is -0.583. The molecule has 0 atom stereocenters. The second kappa shape index (κ2) is 11.4. The van der Waals surface area contributed by atoms with Gasteiger partial charge in [-0.25, -0.2) is 0 Å². The fourth-order valence-corrected chi connectivity index (χ4v) is 3.62. The molecule has 0 bridgehead atoms. The molecule has 2 aromatic carbocycles. The molecule has 0 spiro atoms. The summed E-state index contributed by atoms with van der Waals surface area (Å²) < 4.78 is 13.5. The van der Waals surface area contributed by atoms with Gasteiger partial charge in [-0.2, -0.15) is 9.50 Å². The first-order chi connectivity index (χ1) is 17.5.